The molecule has 2 heterocycles. The van der Waals surface area contributed by atoms with E-state index < -0.39 is 5.60 Å². The Morgan fingerprint density at radius 1 is 1.30 bits per heavy atom. The van der Waals surface area contributed by atoms with Crippen LogP contribution in [-0.2, 0) is 4.74 Å². The highest BCUT2D eigenvalue weighted by Gasteiger charge is 2.27. The van der Waals surface area contributed by atoms with E-state index in [2.05, 4.69) is 20.5 Å². The third-order valence-electron chi connectivity index (χ3n) is 4.51. The van der Waals surface area contributed by atoms with Gasteiger partial charge in [0.15, 0.2) is 17.5 Å². The largest absolute Gasteiger partial charge is 0.492 e. The van der Waals surface area contributed by atoms with E-state index in [0.717, 1.165) is 37.0 Å². The smallest absolute Gasteiger partial charge is 0.407 e. The van der Waals surface area contributed by atoms with Gasteiger partial charge in [-0.1, -0.05) is 0 Å². The van der Waals surface area contributed by atoms with Crippen molar-refractivity contribution < 1.29 is 23.7 Å². The van der Waals surface area contributed by atoms with Crippen molar-refractivity contribution in [3.63, 3.8) is 0 Å². The van der Waals surface area contributed by atoms with Crippen molar-refractivity contribution in [3.05, 3.63) is 18.2 Å². The standard InChI is InChI=1S/C21H32N4O5/c1-5-22-19(25-10-8-15(13-25)24-20(26)30-21(2,3)4)23-9-11-27-16-6-7-17-18(12-16)29-14-28-17/h6-7,12,15H,5,8-11,13-14H2,1-4H3,(H,22,23)(H,24,26). The number of carbonyl (C=O) groups excluding carboxylic acids is 1. The first kappa shape index (κ1) is 21.9. The van der Waals surface area contributed by atoms with Crippen LogP contribution in [-0.4, -0.2) is 68.2 Å². The second-order valence-corrected chi connectivity index (χ2v) is 8.18. The maximum atomic E-state index is 12.0. The molecule has 0 aliphatic carbocycles. The molecule has 1 unspecified atom stereocenters. The van der Waals surface area contributed by atoms with Gasteiger partial charge in [-0.2, -0.15) is 0 Å². The molecule has 1 aromatic carbocycles. The third-order valence-corrected chi connectivity index (χ3v) is 4.51. The van der Waals surface area contributed by atoms with Crippen LogP contribution in [0.15, 0.2) is 23.2 Å². The molecule has 1 fully saturated rings. The predicted molar refractivity (Wildman–Crippen MR) is 113 cm³/mol. The van der Waals surface area contributed by atoms with Gasteiger partial charge in [-0.3, -0.25) is 0 Å². The molecular formula is C21H32N4O5. The molecule has 2 aliphatic heterocycles. The maximum Gasteiger partial charge on any atom is 0.407 e. The predicted octanol–water partition coefficient (Wildman–Crippen LogP) is 2.36. The van der Waals surface area contributed by atoms with Gasteiger partial charge in [0.25, 0.3) is 0 Å². The first-order chi connectivity index (χ1) is 14.3. The van der Waals surface area contributed by atoms with Gasteiger partial charge in [0.2, 0.25) is 6.79 Å². The molecular weight excluding hydrogens is 388 g/mol. The highest BCUT2D eigenvalue weighted by molar-refractivity contribution is 5.80. The van der Waals surface area contributed by atoms with Crippen molar-refractivity contribution in [2.45, 2.75) is 45.8 Å². The molecule has 0 spiro atoms. The highest BCUT2D eigenvalue weighted by atomic mass is 16.7. The zero-order valence-electron chi connectivity index (χ0n) is 18.2. The average molecular weight is 421 g/mol. The number of likely N-dealkylation sites (tertiary alicyclic amines) is 1. The summed E-state index contributed by atoms with van der Waals surface area (Å²) in [5.74, 6) is 2.98. The third kappa shape index (κ3) is 6.33. The van der Waals surface area contributed by atoms with E-state index in [1.807, 2.05) is 45.9 Å². The van der Waals surface area contributed by atoms with Crippen molar-refractivity contribution in [1.82, 2.24) is 15.5 Å². The normalized spacial score (nSPS) is 18.3. The Bertz CT molecular complexity index is 762. The molecule has 9 nitrogen and oxygen atoms in total. The molecule has 0 saturated carbocycles. The van der Waals surface area contributed by atoms with Crippen LogP contribution in [0.3, 0.4) is 0 Å². The number of hydrogen-bond acceptors (Lipinski definition) is 6. The second kappa shape index (κ2) is 9.77. The first-order valence-electron chi connectivity index (χ1n) is 10.4. The Labute approximate surface area is 177 Å². The van der Waals surface area contributed by atoms with Gasteiger partial charge in [-0.15, -0.1) is 0 Å². The van der Waals surface area contributed by atoms with Crippen LogP contribution in [0.25, 0.3) is 0 Å². The molecule has 2 aliphatic rings. The van der Waals surface area contributed by atoms with Crippen molar-refractivity contribution in [2.24, 2.45) is 4.99 Å². The summed E-state index contributed by atoms with van der Waals surface area (Å²) in [6, 6.07) is 5.56. The van der Waals surface area contributed by atoms with Gasteiger partial charge >= 0.3 is 6.09 Å². The Hall–Kier alpha value is -2.84. The van der Waals surface area contributed by atoms with E-state index >= 15 is 0 Å². The summed E-state index contributed by atoms with van der Waals surface area (Å²) in [5.41, 5.74) is -0.503. The lowest BCUT2D eigenvalue weighted by Crippen LogP contribution is -2.44. The topological polar surface area (TPSA) is 93.7 Å². The van der Waals surface area contributed by atoms with E-state index in [1.165, 1.54) is 0 Å². The number of hydrogen-bond donors (Lipinski definition) is 2. The quantitative estimate of drug-likeness (QED) is 0.414. The van der Waals surface area contributed by atoms with Crippen molar-refractivity contribution in [2.75, 3.05) is 39.6 Å². The molecule has 2 N–H and O–H groups in total. The van der Waals surface area contributed by atoms with Gasteiger partial charge < -0.3 is 34.5 Å². The van der Waals surface area contributed by atoms with Crippen LogP contribution in [0.1, 0.15) is 34.1 Å². The molecule has 1 aromatic rings. The lowest BCUT2D eigenvalue weighted by atomic mass is 10.2. The minimum absolute atomic E-state index is 0.0357. The van der Waals surface area contributed by atoms with Crippen LogP contribution < -0.4 is 24.8 Å². The Morgan fingerprint density at radius 3 is 2.87 bits per heavy atom. The fourth-order valence-electron chi connectivity index (χ4n) is 3.25. The monoisotopic (exact) mass is 420 g/mol. The van der Waals surface area contributed by atoms with Gasteiger partial charge in [-0.05, 0) is 46.2 Å². The summed E-state index contributed by atoms with van der Waals surface area (Å²) in [4.78, 5) is 18.8. The van der Waals surface area contributed by atoms with Crippen LogP contribution in [0.5, 0.6) is 17.2 Å². The minimum atomic E-state index is -0.503. The number of fused-ring (bicyclic) bond motifs is 1. The molecule has 1 atom stereocenters. The Kier molecular flexibility index (Phi) is 7.12. The molecule has 9 heteroatoms. The van der Waals surface area contributed by atoms with E-state index in [1.54, 1.807) is 0 Å². The number of ether oxygens (including phenoxy) is 4. The number of aliphatic imine (C=N–C) groups is 1. The van der Waals surface area contributed by atoms with Crippen molar-refractivity contribution in [3.8, 4) is 17.2 Å². The van der Waals surface area contributed by atoms with Gasteiger partial charge in [0.1, 0.15) is 18.0 Å². The SMILES string of the molecule is CCNC(=NCCOc1ccc2c(c1)OCO2)N1CCC(NC(=O)OC(C)(C)C)C1. The fourth-order valence-corrected chi connectivity index (χ4v) is 3.25. The Balaban J connectivity index is 1.46. The van der Waals surface area contributed by atoms with E-state index in [9.17, 15) is 4.79 Å². The van der Waals surface area contributed by atoms with E-state index in [4.69, 9.17) is 18.9 Å². The van der Waals surface area contributed by atoms with Crippen LogP contribution in [0.4, 0.5) is 4.79 Å². The van der Waals surface area contributed by atoms with Crippen molar-refractivity contribution in [1.29, 1.82) is 0 Å². The zero-order valence-corrected chi connectivity index (χ0v) is 18.2. The van der Waals surface area contributed by atoms with Crippen LogP contribution in [0, 0.1) is 0 Å². The Morgan fingerprint density at radius 2 is 2.10 bits per heavy atom. The molecule has 1 amide bonds. The van der Waals surface area contributed by atoms with E-state index in [-0.39, 0.29) is 18.9 Å². The molecule has 166 valence electrons. The van der Waals surface area contributed by atoms with Crippen LogP contribution >= 0.6 is 0 Å². The zero-order chi connectivity index (χ0) is 21.6. The number of nitrogens with one attached hydrogen (secondary N) is 2. The summed E-state index contributed by atoms with van der Waals surface area (Å²) in [6.45, 7) is 11.1. The summed E-state index contributed by atoms with van der Waals surface area (Å²) < 4.78 is 21.8. The van der Waals surface area contributed by atoms with Crippen LogP contribution in [0.2, 0.25) is 0 Å². The molecule has 30 heavy (non-hydrogen) atoms. The van der Waals surface area contributed by atoms with Gasteiger partial charge in [0, 0.05) is 25.7 Å². The lowest BCUT2D eigenvalue weighted by molar-refractivity contribution is 0.0507. The summed E-state index contributed by atoms with van der Waals surface area (Å²) in [6.07, 6.45) is 0.464. The maximum absolute atomic E-state index is 12.0. The molecule has 0 radical (unpaired) electrons. The number of amides is 1. The molecule has 1 saturated heterocycles. The van der Waals surface area contributed by atoms with Gasteiger partial charge in [0.05, 0.1) is 12.6 Å². The second-order valence-electron chi connectivity index (χ2n) is 8.18. The highest BCUT2D eigenvalue weighted by Crippen LogP contribution is 2.35. The summed E-state index contributed by atoms with van der Waals surface area (Å²) in [5, 5.41) is 6.25. The number of guanidine groups is 1. The average Bonchev–Trinajstić information content (AvgIpc) is 3.31. The summed E-state index contributed by atoms with van der Waals surface area (Å²) in [7, 11) is 0. The number of nitrogens with zero attached hydrogens (tertiary/aromatic N) is 2. The summed E-state index contributed by atoms with van der Waals surface area (Å²) >= 11 is 0. The minimum Gasteiger partial charge on any atom is -0.492 e. The molecule has 0 bridgehead atoms. The lowest BCUT2D eigenvalue weighted by Gasteiger charge is -2.23. The fraction of sp³-hybridized carbons (Fsp3) is 0.619. The number of benzene rings is 1. The number of carbonyl (C=O) groups is 1. The van der Waals surface area contributed by atoms with Crippen molar-refractivity contribution >= 4 is 12.1 Å². The number of alkyl carbamates (subject to hydrolysis) is 1. The first-order valence-corrected chi connectivity index (χ1v) is 10.4. The number of rotatable bonds is 6. The molecule has 0 aromatic heterocycles. The van der Waals surface area contributed by atoms with Gasteiger partial charge in [-0.25, -0.2) is 9.79 Å². The molecule has 3 rings (SSSR count). The van der Waals surface area contributed by atoms with E-state index in [0.29, 0.717) is 25.4 Å².